The van der Waals surface area contributed by atoms with E-state index in [1.807, 2.05) is 18.5 Å². The molecule has 0 fully saturated rings. The summed E-state index contributed by atoms with van der Waals surface area (Å²) >= 11 is 0. The van der Waals surface area contributed by atoms with Gasteiger partial charge >= 0.3 is 0 Å². The fourth-order valence-electron chi connectivity index (χ4n) is 2.26. The maximum Gasteiger partial charge on any atom is 0.0312 e. The van der Waals surface area contributed by atoms with Gasteiger partial charge in [0.15, 0.2) is 0 Å². The lowest BCUT2D eigenvalue weighted by atomic mass is 10.2. The van der Waals surface area contributed by atoms with Crippen LogP contribution in [0.25, 0.3) is 0 Å². The largest absolute Gasteiger partial charge is 0.313 e. The lowest BCUT2D eigenvalue weighted by molar-refractivity contribution is 0.261. The first kappa shape index (κ1) is 23.9. The number of aromatic nitrogens is 1. The lowest BCUT2D eigenvalue weighted by Crippen LogP contribution is -2.29. The molecule has 130 valence electrons. The van der Waals surface area contributed by atoms with E-state index in [4.69, 9.17) is 0 Å². The van der Waals surface area contributed by atoms with Crippen LogP contribution in [0.2, 0.25) is 0 Å². The van der Waals surface area contributed by atoms with Gasteiger partial charge in [0, 0.05) is 18.9 Å². The summed E-state index contributed by atoms with van der Waals surface area (Å²) in [5.74, 6) is 0. The normalized spacial score (nSPS) is 10.1. The Kier molecular flexibility index (Phi) is 18.5. The summed E-state index contributed by atoms with van der Waals surface area (Å²) in [5.41, 5.74) is 1.27. The predicted molar refractivity (Wildman–Crippen MR) is 101 cm³/mol. The second-order valence-corrected chi connectivity index (χ2v) is 5.44. The number of hydrogen-bond acceptors (Lipinski definition) is 3. The highest BCUT2D eigenvalue weighted by molar-refractivity contribution is 5.85. The standard InChI is InChI=1S/C17H31N3.2ClH/c1-3-5-12-20(13-6-4-2)14-8-11-19-16-17-9-7-10-18-15-17;;/h7,9-10,15,19H,3-6,8,11-14,16H2,1-2H3;2*1H. The SMILES string of the molecule is CCCCN(CCCC)CCCNCc1cccnc1.Cl.Cl. The van der Waals surface area contributed by atoms with Gasteiger partial charge in [-0.1, -0.05) is 32.8 Å². The summed E-state index contributed by atoms with van der Waals surface area (Å²) in [6.45, 7) is 10.3. The number of halogens is 2. The summed E-state index contributed by atoms with van der Waals surface area (Å²) in [6.07, 6.45) is 10.2. The molecule has 22 heavy (non-hydrogen) atoms. The molecule has 0 spiro atoms. The highest BCUT2D eigenvalue weighted by Crippen LogP contribution is 2.00. The zero-order chi connectivity index (χ0) is 14.5. The summed E-state index contributed by atoms with van der Waals surface area (Å²) in [4.78, 5) is 6.75. The molecule has 0 amide bonds. The van der Waals surface area contributed by atoms with Crippen molar-refractivity contribution in [2.24, 2.45) is 0 Å². The van der Waals surface area contributed by atoms with Crippen LogP contribution in [0.5, 0.6) is 0 Å². The van der Waals surface area contributed by atoms with Crippen molar-refractivity contribution in [2.45, 2.75) is 52.5 Å². The number of nitrogens with zero attached hydrogens (tertiary/aromatic N) is 2. The first-order chi connectivity index (χ1) is 9.86. The Labute approximate surface area is 149 Å². The maximum absolute atomic E-state index is 4.13. The molecule has 1 rings (SSSR count). The average molecular weight is 350 g/mol. The summed E-state index contributed by atoms with van der Waals surface area (Å²) in [7, 11) is 0. The van der Waals surface area contributed by atoms with Gasteiger partial charge in [0.25, 0.3) is 0 Å². The van der Waals surface area contributed by atoms with Gasteiger partial charge in [0.2, 0.25) is 0 Å². The van der Waals surface area contributed by atoms with E-state index in [0.29, 0.717) is 0 Å². The van der Waals surface area contributed by atoms with Gasteiger partial charge in [-0.2, -0.15) is 0 Å². The van der Waals surface area contributed by atoms with Gasteiger partial charge < -0.3 is 10.2 Å². The molecular formula is C17H33Cl2N3. The first-order valence-corrected chi connectivity index (χ1v) is 8.18. The molecule has 0 aliphatic heterocycles. The van der Waals surface area contributed by atoms with Crippen LogP contribution in [-0.2, 0) is 6.54 Å². The van der Waals surface area contributed by atoms with Crippen molar-refractivity contribution in [3.05, 3.63) is 30.1 Å². The molecule has 0 radical (unpaired) electrons. The van der Waals surface area contributed by atoms with Crippen LogP contribution in [0.4, 0.5) is 0 Å². The van der Waals surface area contributed by atoms with Crippen molar-refractivity contribution < 1.29 is 0 Å². The number of nitrogens with one attached hydrogen (secondary N) is 1. The topological polar surface area (TPSA) is 28.2 Å². The van der Waals surface area contributed by atoms with Crippen LogP contribution in [0, 0.1) is 0 Å². The third-order valence-electron chi connectivity index (χ3n) is 3.54. The Balaban J connectivity index is 0. The quantitative estimate of drug-likeness (QED) is 0.570. The predicted octanol–water partition coefficient (Wildman–Crippen LogP) is 4.31. The Morgan fingerprint density at radius 2 is 1.64 bits per heavy atom. The van der Waals surface area contributed by atoms with E-state index < -0.39 is 0 Å². The zero-order valence-electron chi connectivity index (χ0n) is 14.1. The van der Waals surface area contributed by atoms with Crippen LogP contribution in [0.15, 0.2) is 24.5 Å². The molecule has 0 bridgehead atoms. The zero-order valence-corrected chi connectivity index (χ0v) is 15.7. The summed E-state index contributed by atoms with van der Waals surface area (Å²) in [5, 5.41) is 3.50. The van der Waals surface area contributed by atoms with E-state index in [1.54, 1.807) is 0 Å². The molecule has 0 aliphatic rings. The fraction of sp³-hybridized carbons (Fsp3) is 0.706. The molecule has 3 nitrogen and oxygen atoms in total. The van der Waals surface area contributed by atoms with Crippen molar-refractivity contribution in [3.63, 3.8) is 0 Å². The molecule has 0 unspecified atom stereocenters. The van der Waals surface area contributed by atoms with Crippen LogP contribution >= 0.6 is 24.8 Å². The van der Waals surface area contributed by atoms with Crippen LogP contribution in [0.1, 0.15) is 51.5 Å². The Bertz CT molecular complexity index is 315. The minimum Gasteiger partial charge on any atom is -0.313 e. The molecule has 1 aromatic heterocycles. The second-order valence-electron chi connectivity index (χ2n) is 5.44. The molecule has 1 heterocycles. The molecule has 0 aliphatic carbocycles. The number of pyridine rings is 1. The molecule has 0 saturated heterocycles. The van der Waals surface area contributed by atoms with E-state index in [2.05, 4.69) is 35.1 Å². The van der Waals surface area contributed by atoms with Crippen molar-refractivity contribution in [1.82, 2.24) is 15.2 Å². The molecule has 0 saturated carbocycles. The summed E-state index contributed by atoms with van der Waals surface area (Å²) in [6, 6.07) is 4.11. The van der Waals surface area contributed by atoms with E-state index in [-0.39, 0.29) is 24.8 Å². The third kappa shape index (κ3) is 12.2. The van der Waals surface area contributed by atoms with Crippen molar-refractivity contribution in [2.75, 3.05) is 26.2 Å². The molecule has 5 heteroatoms. The monoisotopic (exact) mass is 349 g/mol. The number of rotatable bonds is 12. The van der Waals surface area contributed by atoms with Crippen LogP contribution in [-0.4, -0.2) is 36.1 Å². The minimum absolute atomic E-state index is 0. The van der Waals surface area contributed by atoms with Gasteiger partial charge in [-0.05, 0) is 57.1 Å². The fourth-order valence-corrected chi connectivity index (χ4v) is 2.26. The Morgan fingerprint density at radius 1 is 1.00 bits per heavy atom. The van der Waals surface area contributed by atoms with E-state index >= 15 is 0 Å². The molecule has 0 atom stereocenters. The molecule has 1 N–H and O–H groups in total. The minimum atomic E-state index is 0. The molecule has 1 aromatic rings. The van der Waals surface area contributed by atoms with Gasteiger partial charge in [-0.25, -0.2) is 0 Å². The van der Waals surface area contributed by atoms with E-state index in [9.17, 15) is 0 Å². The van der Waals surface area contributed by atoms with Crippen LogP contribution in [0.3, 0.4) is 0 Å². The Hall–Kier alpha value is -0.350. The average Bonchev–Trinajstić information content (AvgIpc) is 2.50. The molecular weight excluding hydrogens is 317 g/mol. The van der Waals surface area contributed by atoms with E-state index in [0.717, 1.165) is 13.1 Å². The van der Waals surface area contributed by atoms with Gasteiger partial charge in [-0.3, -0.25) is 4.98 Å². The second kappa shape index (κ2) is 17.0. The molecule has 0 aromatic carbocycles. The van der Waals surface area contributed by atoms with Crippen LogP contribution < -0.4 is 5.32 Å². The summed E-state index contributed by atoms with van der Waals surface area (Å²) < 4.78 is 0. The highest BCUT2D eigenvalue weighted by Gasteiger charge is 2.03. The smallest absolute Gasteiger partial charge is 0.0312 e. The third-order valence-corrected chi connectivity index (χ3v) is 3.54. The maximum atomic E-state index is 4.13. The van der Waals surface area contributed by atoms with Crippen molar-refractivity contribution in [1.29, 1.82) is 0 Å². The number of unbranched alkanes of at least 4 members (excludes halogenated alkanes) is 2. The van der Waals surface area contributed by atoms with Gasteiger partial charge in [0.1, 0.15) is 0 Å². The first-order valence-electron chi connectivity index (χ1n) is 8.18. The van der Waals surface area contributed by atoms with Crippen molar-refractivity contribution >= 4 is 24.8 Å². The van der Waals surface area contributed by atoms with Crippen molar-refractivity contribution in [3.8, 4) is 0 Å². The Morgan fingerprint density at radius 3 is 2.18 bits per heavy atom. The highest BCUT2D eigenvalue weighted by atomic mass is 35.5. The van der Waals surface area contributed by atoms with E-state index in [1.165, 1.54) is 57.3 Å². The van der Waals surface area contributed by atoms with Gasteiger partial charge in [-0.15, -0.1) is 24.8 Å². The van der Waals surface area contributed by atoms with Gasteiger partial charge in [0.05, 0.1) is 0 Å². The number of hydrogen-bond donors (Lipinski definition) is 1. The lowest BCUT2D eigenvalue weighted by Gasteiger charge is -2.21.